The first-order valence-electron chi connectivity index (χ1n) is 8.26. The molecule has 1 amide bonds. The van der Waals surface area contributed by atoms with Gasteiger partial charge in [0.1, 0.15) is 0 Å². The highest BCUT2D eigenvalue weighted by Crippen LogP contribution is 2.37. The Labute approximate surface area is 145 Å². The molecule has 23 heavy (non-hydrogen) atoms. The Hall–Kier alpha value is -1.10. The van der Waals surface area contributed by atoms with Crippen molar-refractivity contribution in [1.82, 2.24) is 10.2 Å². The second-order valence-corrected chi connectivity index (χ2v) is 6.62. The maximum Gasteiger partial charge on any atom is 0.233 e. The van der Waals surface area contributed by atoms with E-state index in [1.54, 1.807) is 0 Å². The van der Waals surface area contributed by atoms with Crippen LogP contribution < -0.4 is 5.32 Å². The first-order valence-corrected chi connectivity index (χ1v) is 8.26. The third-order valence-electron chi connectivity index (χ3n) is 5.26. The number of carbonyl (C=O) groups is 1. The maximum absolute atomic E-state index is 13.3. The number of nitrogens with one attached hydrogen (secondary N) is 1. The van der Waals surface area contributed by atoms with Crippen molar-refractivity contribution in [2.75, 3.05) is 33.4 Å². The van der Waals surface area contributed by atoms with Gasteiger partial charge in [-0.1, -0.05) is 29.8 Å². The maximum atomic E-state index is 13.3. The highest BCUT2D eigenvalue weighted by atomic mass is 35.5. The number of benzene rings is 1. The van der Waals surface area contributed by atoms with Crippen molar-refractivity contribution < 1.29 is 9.53 Å². The average molecular weight is 339 g/mol. The number of carbonyl (C=O) groups excluding carboxylic acids is 1. The largest absolute Gasteiger partial charge is 0.381 e. The summed E-state index contributed by atoms with van der Waals surface area (Å²) in [6.45, 7) is 5.32. The van der Waals surface area contributed by atoms with Crippen LogP contribution in [-0.4, -0.2) is 50.2 Å². The second-order valence-electron chi connectivity index (χ2n) is 6.62. The van der Waals surface area contributed by atoms with Crippen molar-refractivity contribution in [3.8, 4) is 0 Å². The van der Waals surface area contributed by atoms with Gasteiger partial charge < -0.3 is 15.0 Å². The van der Waals surface area contributed by atoms with E-state index < -0.39 is 5.41 Å². The fraction of sp³-hybridized carbons (Fsp3) is 0.611. The first kappa shape index (κ1) is 18.2. The highest BCUT2D eigenvalue weighted by molar-refractivity contribution is 5.88. The molecule has 0 spiro atoms. The number of hydrogen-bond donors (Lipinski definition) is 1. The lowest BCUT2D eigenvalue weighted by atomic mass is 9.72. The van der Waals surface area contributed by atoms with Crippen LogP contribution in [0.25, 0.3) is 0 Å². The van der Waals surface area contributed by atoms with Gasteiger partial charge >= 0.3 is 0 Å². The lowest BCUT2D eigenvalue weighted by Crippen LogP contribution is -2.52. The zero-order chi connectivity index (χ0) is 15.6. The summed E-state index contributed by atoms with van der Waals surface area (Å²) < 4.78 is 5.54. The minimum atomic E-state index is -0.413. The molecule has 2 fully saturated rings. The molecule has 0 radical (unpaired) electrons. The van der Waals surface area contributed by atoms with Crippen molar-refractivity contribution in [3.05, 3.63) is 35.4 Å². The molecule has 0 bridgehead atoms. The van der Waals surface area contributed by atoms with Crippen LogP contribution in [0.3, 0.4) is 0 Å². The van der Waals surface area contributed by atoms with Crippen LogP contribution in [0.4, 0.5) is 0 Å². The van der Waals surface area contributed by atoms with Crippen molar-refractivity contribution in [2.24, 2.45) is 0 Å². The number of aryl methyl sites for hydroxylation is 1. The van der Waals surface area contributed by atoms with Gasteiger partial charge in [-0.15, -0.1) is 12.4 Å². The molecular formula is C18H27ClN2O2. The normalized spacial score (nSPS) is 23.1. The molecule has 0 aliphatic carbocycles. The molecule has 2 heterocycles. The van der Waals surface area contributed by atoms with Crippen LogP contribution in [0.15, 0.2) is 24.3 Å². The van der Waals surface area contributed by atoms with Crippen LogP contribution in [0, 0.1) is 6.92 Å². The molecule has 5 heteroatoms. The summed E-state index contributed by atoms with van der Waals surface area (Å²) in [7, 11) is 1.96. The molecule has 2 saturated heterocycles. The van der Waals surface area contributed by atoms with E-state index in [1.807, 2.05) is 11.9 Å². The summed E-state index contributed by atoms with van der Waals surface area (Å²) >= 11 is 0. The second kappa shape index (κ2) is 7.65. The Morgan fingerprint density at radius 3 is 2.48 bits per heavy atom. The Kier molecular flexibility index (Phi) is 6.06. The molecule has 3 rings (SSSR count). The monoisotopic (exact) mass is 338 g/mol. The third kappa shape index (κ3) is 3.54. The summed E-state index contributed by atoms with van der Waals surface area (Å²) in [5, 5.41) is 3.35. The topological polar surface area (TPSA) is 41.6 Å². The van der Waals surface area contributed by atoms with E-state index in [9.17, 15) is 4.79 Å². The van der Waals surface area contributed by atoms with Gasteiger partial charge in [0.25, 0.3) is 0 Å². The number of hydrogen-bond acceptors (Lipinski definition) is 3. The quantitative estimate of drug-likeness (QED) is 0.919. The molecule has 1 aromatic rings. The summed E-state index contributed by atoms with van der Waals surface area (Å²) in [6, 6.07) is 8.78. The Morgan fingerprint density at radius 1 is 1.26 bits per heavy atom. The van der Waals surface area contributed by atoms with Crippen LogP contribution >= 0.6 is 12.4 Å². The third-order valence-corrected chi connectivity index (χ3v) is 5.26. The van der Waals surface area contributed by atoms with Crippen molar-refractivity contribution >= 4 is 18.3 Å². The standard InChI is InChI=1S/C18H26N2O2.ClH/c1-14-3-5-15(6-4-14)18(8-11-22-12-9-18)17(21)20(2)16-7-10-19-13-16;/h3-6,16,19H,7-13H2,1-2H3;1H. The van der Waals surface area contributed by atoms with Gasteiger partial charge in [0.2, 0.25) is 5.91 Å². The number of rotatable bonds is 3. The number of halogens is 1. The predicted molar refractivity (Wildman–Crippen MR) is 94.2 cm³/mol. The van der Waals surface area contributed by atoms with Gasteiger partial charge in [0, 0.05) is 32.8 Å². The minimum absolute atomic E-state index is 0. The fourth-order valence-corrected chi connectivity index (χ4v) is 3.69. The molecule has 0 aromatic heterocycles. The molecule has 1 atom stereocenters. The van der Waals surface area contributed by atoms with Gasteiger partial charge in [-0.25, -0.2) is 0 Å². The Morgan fingerprint density at radius 2 is 1.91 bits per heavy atom. The Balaban J connectivity index is 0.00000192. The Bertz CT molecular complexity index is 520. The van der Waals surface area contributed by atoms with Gasteiger partial charge in [0.05, 0.1) is 5.41 Å². The van der Waals surface area contributed by atoms with Crippen LogP contribution in [-0.2, 0) is 14.9 Å². The SMILES string of the molecule is Cc1ccc(C2(C(=O)N(C)C3CCNC3)CCOCC2)cc1.Cl. The summed E-state index contributed by atoms with van der Waals surface area (Å²) in [4.78, 5) is 15.3. The lowest BCUT2D eigenvalue weighted by Gasteiger charge is -2.40. The zero-order valence-corrected chi connectivity index (χ0v) is 14.8. The molecule has 1 unspecified atom stereocenters. The molecule has 2 aliphatic rings. The molecule has 4 nitrogen and oxygen atoms in total. The van der Waals surface area contributed by atoms with Gasteiger partial charge in [0.15, 0.2) is 0 Å². The van der Waals surface area contributed by atoms with Crippen LogP contribution in [0.2, 0.25) is 0 Å². The lowest BCUT2D eigenvalue weighted by molar-refractivity contribution is -0.141. The van der Waals surface area contributed by atoms with E-state index in [2.05, 4.69) is 36.5 Å². The molecule has 1 aromatic carbocycles. The number of amides is 1. The zero-order valence-electron chi connectivity index (χ0n) is 14.0. The van der Waals surface area contributed by atoms with E-state index >= 15 is 0 Å². The van der Waals surface area contributed by atoms with Gasteiger partial charge in [-0.05, 0) is 38.3 Å². The summed E-state index contributed by atoms with van der Waals surface area (Å²) in [6.07, 6.45) is 2.60. The van der Waals surface area contributed by atoms with Crippen molar-refractivity contribution in [3.63, 3.8) is 0 Å². The molecular weight excluding hydrogens is 312 g/mol. The fourth-order valence-electron chi connectivity index (χ4n) is 3.69. The number of nitrogens with zero attached hydrogens (tertiary/aromatic N) is 1. The van der Waals surface area contributed by atoms with E-state index in [0.29, 0.717) is 19.3 Å². The molecule has 128 valence electrons. The van der Waals surface area contributed by atoms with E-state index in [4.69, 9.17) is 4.74 Å². The molecule has 1 N–H and O–H groups in total. The van der Waals surface area contributed by atoms with Gasteiger partial charge in [-0.2, -0.15) is 0 Å². The minimum Gasteiger partial charge on any atom is -0.381 e. The smallest absolute Gasteiger partial charge is 0.233 e. The van der Waals surface area contributed by atoms with Gasteiger partial charge in [-0.3, -0.25) is 4.79 Å². The van der Waals surface area contributed by atoms with Crippen LogP contribution in [0.1, 0.15) is 30.4 Å². The summed E-state index contributed by atoms with van der Waals surface area (Å²) in [5.41, 5.74) is 1.96. The number of likely N-dealkylation sites (N-methyl/N-ethyl adjacent to an activating group) is 1. The van der Waals surface area contributed by atoms with Crippen molar-refractivity contribution in [1.29, 1.82) is 0 Å². The van der Waals surface area contributed by atoms with E-state index in [1.165, 1.54) is 5.56 Å². The van der Waals surface area contributed by atoms with E-state index in [-0.39, 0.29) is 18.3 Å². The summed E-state index contributed by atoms with van der Waals surface area (Å²) in [5.74, 6) is 0.258. The molecule has 2 aliphatic heterocycles. The average Bonchev–Trinajstić information content (AvgIpc) is 3.09. The first-order chi connectivity index (χ1) is 10.6. The van der Waals surface area contributed by atoms with Crippen LogP contribution in [0.5, 0.6) is 0 Å². The molecule has 0 saturated carbocycles. The number of ether oxygens (including phenoxy) is 1. The highest BCUT2D eigenvalue weighted by Gasteiger charge is 2.44. The van der Waals surface area contributed by atoms with Crippen molar-refractivity contribution in [2.45, 2.75) is 37.6 Å². The predicted octanol–water partition coefficient (Wildman–Crippen LogP) is 2.29. The van der Waals surface area contributed by atoms with E-state index in [0.717, 1.165) is 37.9 Å².